The van der Waals surface area contributed by atoms with Crippen LogP contribution in [0.5, 0.6) is 0 Å². The molecule has 0 aromatic carbocycles. The van der Waals surface area contributed by atoms with E-state index in [-0.39, 0.29) is 4.46 Å². The molecule has 11 heavy (non-hydrogen) atoms. The molecule has 0 heterocycles. The highest BCUT2D eigenvalue weighted by molar-refractivity contribution is 6.68. The Morgan fingerprint density at radius 1 is 1.36 bits per heavy atom. The zero-order valence-corrected chi connectivity index (χ0v) is 8.96. The van der Waals surface area contributed by atoms with Gasteiger partial charge in [-0.25, -0.2) is 0 Å². The van der Waals surface area contributed by atoms with Crippen LogP contribution in [0, 0.1) is 0 Å². The van der Waals surface area contributed by atoms with Gasteiger partial charge in [0.2, 0.25) is 0 Å². The van der Waals surface area contributed by atoms with Gasteiger partial charge in [-0.1, -0.05) is 6.04 Å². The second-order valence-corrected chi connectivity index (χ2v) is 5.46. The minimum absolute atomic E-state index is 0.176. The number of hydrogen-bond donors (Lipinski definition) is 2. The molecule has 0 atom stereocenters. The number of hydrogen-bond acceptors (Lipinski definition) is 2. The maximum Gasteiger partial charge on any atom is 0.0929 e. The highest BCUT2D eigenvalue weighted by Crippen LogP contribution is 2.02. The minimum atomic E-state index is -0.176. The van der Waals surface area contributed by atoms with E-state index in [0.29, 0.717) is 16.1 Å². The summed E-state index contributed by atoms with van der Waals surface area (Å²) in [4.78, 5) is 0. The molecular weight excluding hydrogens is 199 g/mol. The fraction of sp³-hybridized carbons (Fsp3) is 1.00. The zero-order chi connectivity index (χ0) is 8.53. The van der Waals surface area contributed by atoms with Crippen LogP contribution in [0.15, 0.2) is 0 Å². The maximum atomic E-state index is 5.56. The summed E-state index contributed by atoms with van der Waals surface area (Å²) in [6.45, 7) is 2.62. The standard InChI is InChI=1S/C6H14Cl2N2Si/c7-6(8)11-5-1-3-10-4-2-9/h6,10H,1-5,9H2. The summed E-state index contributed by atoms with van der Waals surface area (Å²) in [5, 5.41) is 3.20. The molecular formula is C6H14Cl2N2Si. The number of rotatable bonds is 7. The molecule has 0 fully saturated rings. The lowest BCUT2D eigenvalue weighted by Gasteiger charge is -2.01. The van der Waals surface area contributed by atoms with Gasteiger partial charge in [0.25, 0.3) is 0 Å². The molecule has 0 spiro atoms. The van der Waals surface area contributed by atoms with Gasteiger partial charge in [0.05, 0.1) is 14.0 Å². The number of alkyl halides is 2. The highest BCUT2D eigenvalue weighted by Gasteiger charge is 1.98. The van der Waals surface area contributed by atoms with Gasteiger partial charge >= 0.3 is 0 Å². The van der Waals surface area contributed by atoms with Crippen molar-refractivity contribution in [1.29, 1.82) is 0 Å². The van der Waals surface area contributed by atoms with Crippen molar-refractivity contribution in [2.45, 2.75) is 16.9 Å². The maximum absolute atomic E-state index is 5.56. The van der Waals surface area contributed by atoms with Gasteiger partial charge in [0.15, 0.2) is 0 Å². The van der Waals surface area contributed by atoms with E-state index in [4.69, 9.17) is 28.9 Å². The quantitative estimate of drug-likeness (QED) is 0.373. The summed E-state index contributed by atoms with van der Waals surface area (Å²) >= 11 is 11.1. The van der Waals surface area contributed by atoms with E-state index in [0.717, 1.165) is 25.6 Å². The van der Waals surface area contributed by atoms with Gasteiger partial charge in [-0.05, 0) is 13.0 Å². The van der Waals surface area contributed by atoms with Crippen molar-refractivity contribution in [3.8, 4) is 0 Å². The number of nitrogens with two attached hydrogens (primary N) is 1. The Balaban J connectivity index is 2.80. The first-order valence-electron chi connectivity index (χ1n) is 3.69. The Bertz CT molecular complexity index is 83.0. The lowest BCUT2D eigenvalue weighted by molar-refractivity contribution is 0.677. The van der Waals surface area contributed by atoms with E-state index in [2.05, 4.69) is 5.32 Å². The van der Waals surface area contributed by atoms with Crippen LogP contribution in [-0.4, -0.2) is 33.6 Å². The van der Waals surface area contributed by atoms with Gasteiger partial charge in [0.1, 0.15) is 0 Å². The lowest BCUT2D eigenvalue weighted by atomic mass is 10.5. The zero-order valence-electron chi connectivity index (χ0n) is 6.45. The number of halogens is 2. The van der Waals surface area contributed by atoms with Crippen LogP contribution in [0.2, 0.25) is 6.04 Å². The van der Waals surface area contributed by atoms with E-state index in [9.17, 15) is 0 Å². The Morgan fingerprint density at radius 2 is 2.09 bits per heavy atom. The van der Waals surface area contributed by atoms with Crippen LogP contribution in [0.4, 0.5) is 0 Å². The minimum Gasteiger partial charge on any atom is -0.329 e. The van der Waals surface area contributed by atoms with E-state index >= 15 is 0 Å². The molecule has 66 valence electrons. The van der Waals surface area contributed by atoms with E-state index < -0.39 is 0 Å². The fourth-order valence-electron chi connectivity index (χ4n) is 0.652. The summed E-state index contributed by atoms with van der Waals surface area (Å²) in [6, 6.07) is 1.11. The summed E-state index contributed by atoms with van der Waals surface area (Å²) in [7, 11) is 0.660. The lowest BCUT2D eigenvalue weighted by Crippen LogP contribution is -2.23. The van der Waals surface area contributed by atoms with Crippen LogP contribution in [0.25, 0.3) is 0 Å². The molecule has 0 aliphatic carbocycles. The SMILES string of the molecule is NCCNCCC[Si]C(Cl)Cl. The molecule has 5 heteroatoms. The van der Waals surface area contributed by atoms with E-state index in [1.54, 1.807) is 0 Å². The molecule has 0 rings (SSSR count). The first-order chi connectivity index (χ1) is 5.27. The second kappa shape index (κ2) is 8.81. The van der Waals surface area contributed by atoms with Crippen molar-refractivity contribution in [2.24, 2.45) is 5.73 Å². The van der Waals surface area contributed by atoms with Crippen LogP contribution in [0.1, 0.15) is 6.42 Å². The van der Waals surface area contributed by atoms with E-state index in [1.165, 1.54) is 0 Å². The molecule has 0 aliphatic heterocycles. The van der Waals surface area contributed by atoms with Crippen molar-refractivity contribution in [3.63, 3.8) is 0 Å². The van der Waals surface area contributed by atoms with Crippen molar-refractivity contribution in [1.82, 2.24) is 5.32 Å². The molecule has 0 saturated carbocycles. The molecule has 0 amide bonds. The monoisotopic (exact) mass is 212 g/mol. The van der Waals surface area contributed by atoms with Gasteiger partial charge in [-0.3, -0.25) is 0 Å². The third kappa shape index (κ3) is 10.7. The average Bonchev–Trinajstić information content (AvgIpc) is 1.96. The first-order valence-corrected chi connectivity index (χ1v) is 5.85. The molecule has 0 saturated heterocycles. The second-order valence-electron chi connectivity index (χ2n) is 2.15. The third-order valence-electron chi connectivity index (χ3n) is 1.15. The molecule has 0 aliphatic rings. The summed E-state index contributed by atoms with van der Waals surface area (Å²) in [5.41, 5.74) is 5.29. The summed E-state index contributed by atoms with van der Waals surface area (Å²) in [6.07, 6.45) is 1.13. The van der Waals surface area contributed by atoms with Gasteiger partial charge in [-0.15, -0.1) is 23.2 Å². The summed E-state index contributed by atoms with van der Waals surface area (Å²) in [5.74, 6) is 0. The van der Waals surface area contributed by atoms with Crippen LogP contribution >= 0.6 is 23.2 Å². The van der Waals surface area contributed by atoms with Gasteiger partial charge < -0.3 is 11.1 Å². The van der Waals surface area contributed by atoms with Gasteiger partial charge in [-0.2, -0.15) is 0 Å². The molecule has 2 nitrogen and oxygen atoms in total. The Hall–Kier alpha value is 0.717. The predicted octanol–water partition coefficient (Wildman–Crippen LogP) is 0.808. The smallest absolute Gasteiger partial charge is 0.0929 e. The largest absolute Gasteiger partial charge is 0.329 e. The fourth-order valence-corrected chi connectivity index (χ4v) is 1.91. The highest BCUT2D eigenvalue weighted by atomic mass is 35.5. The molecule has 0 unspecified atom stereocenters. The van der Waals surface area contributed by atoms with Crippen LogP contribution < -0.4 is 11.1 Å². The molecule has 0 aromatic rings. The van der Waals surface area contributed by atoms with Crippen molar-refractivity contribution in [2.75, 3.05) is 19.6 Å². The molecule has 2 radical (unpaired) electrons. The molecule has 0 aromatic heterocycles. The topological polar surface area (TPSA) is 38.0 Å². The van der Waals surface area contributed by atoms with Crippen LogP contribution in [-0.2, 0) is 0 Å². The van der Waals surface area contributed by atoms with Crippen molar-refractivity contribution < 1.29 is 0 Å². The molecule has 3 N–H and O–H groups in total. The van der Waals surface area contributed by atoms with Crippen molar-refractivity contribution >= 4 is 32.7 Å². The molecule has 0 bridgehead atoms. The Labute approximate surface area is 80.6 Å². The van der Waals surface area contributed by atoms with Gasteiger partial charge in [0, 0.05) is 13.1 Å². The third-order valence-corrected chi connectivity index (χ3v) is 3.03. The van der Waals surface area contributed by atoms with E-state index in [1.807, 2.05) is 0 Å². The Morgan fingerprint density at radius 3 is 2.64 bits per heavy atom. The number of nitrogens with one attached hydrogen (secondary N) is 1. The average molecular weight is 213 g/mol. The van der Waals surface area contributed by atoms with Crippen LogP contribution in [0.3, 0.4) is 0 Å². The summed E-state index contributed by atoms with van der Waals surface area (Å²) < 4.78 is -0.176. The predicted molar refractivity (Wildman–Crippen MR) is 52.6 cm³/mol. The normalized spacial score (nSPS) is 10.9. The van der Waals surface area contributed by atoms with Crippen molar-refractivity contribution in [3.05, 3.63) is 0 Å². The Kier molecular flexibility index (Phi) is 9.38. The first kappa shape index (κ1) is 11.7.